The molecule has 59 heavy (non-hydrogen) atoms. The third-order valence-corrected chi connectivity index (χ3v) is 9.78. The van der Waals surface area contributed by atoms with Crippen molar-refractivity contribution in [1.82, 2.24) is 21.3 Å². The molecule has 0 saturated carbocycles. The first-order chi connectivity index (χ1) is 28.5. The Morgan fingerprint density at radius 2 is 1.39 bits per heavy atom. The van der Waals surface area contributed by atoms with Crippen molar-refractivity contribution in [3.05, 3.63) is 131 Å². The summed E-state index contributed by atoms with van der Waals surface area (Å²) in [6.45, 7) is 3.11. The second-order valence-corrected chi connectivity index (χ2v) is 14.3. The Morgan fingerprint density at radius 3 is 2.03 bits per heavy atom. The third-order valence-electron chi connectivity index (χ3n) is 9.78. The third kappa shape index (κ3) is 12.9. The number of guanidine groups is 1. The van der Waals surface area contributed by atoms with E-state index < -0.39 is 47.8 Å². The van der Waals surface area contributed by atoms with Crippen molar-refractivity contribution in [3.63, 3.8) is 0 Å². The molecule has 0 aliphatic carbocycles. The van der Waals surface area contributed by atoms with Crippen molar-refractivity contribution in [3.8, 4) is 5.75 Å². The van der Waals surface area contributed by atoms with Crippen LogP contribution >= 0.6 is 0 Å². The van der Waals surface area contributed by atoms with E-state index >= 15 is 0 Å². The quantitative estimate of drug-likeness (QED) is 0.0284. The fourth-order valence-electron chi connectivity index (χ4n) is 6.42. The number of aryl methyl sites for hydroxylation is 1. The summed E-state index contributed by atoms with van der Waals surface area (Å²) in [5.41, 5.74) is 20.2. The number of ether oxygens (including phenoxy) is 1. The summed E-state index contributed by atoms with van der Waals surface area (Å²) in [7, 11) is 0. The van der Waals surface area contributed by atoms with Gasteiger partial charge in [0.05, 0.1) is 6.54 Å². The van der Waals surface area contributed by atoms with Gasteiger partial charge in [0.2, 0.25) is 17.7 Å². The maximum Gasteiger partial charge on any atom is 0.251 e. The smallest absolute Gasteiger partial charge is 0.251 e. The van der Waals surface area contributed by atoms with Crippen LogP contribution in [-0.4, -0.2) is 73.3 Å². The normalized spacial score (nSPS) is 14.8. The highest BCUT2D eigenvalue weighted by atomic mass is 16.5. The first-order valence-electron chi connectivity index (χ1n) is 19.7. The molecule has 0 spiro atoms. The lowest BCUT2D eigenvalue weighted by Gasteiger charge is -2.39. The van der Waals surface area contributed by atoms with Crippen LogP contribution in [-0.2, 0) is 25.8 Å². The number of rotatable bonds is 21. The van der Waals surface area contributed by atoms with E-state index in [4.69, 9.17) is 21.9 Å². The lowest BCUT2D eigenvalue weighted by atomic mass is 10.0. The minimum Gasteiger partial charge on any atom is -0.489 e. The van der Waals surface area contributed by atoms with Gasteiger partial charge in [-0.3, -0.25) is 29.0 Å². The number of nitrogens with one attached hydrogen (secondary N) is 4. The average Bonchev–Trinajstić information content (AvgIpc) is 3.25. The molecular formula is C44H53N9O6. The summed E-state index contributed by atoms with van der Waals surface area (Å²) in [5.74, 6) is -2.18. The van der Waals surface area contributed by atoms with Gasteiger partial charge >= 0.3 is 0 Å². The second-order valence-electron chi connectivity index (χ2n) is 14.3. The molecule has 4 aromatic carbocycles. The molecule has 310 valence electrons. The number of amides is 5. The lowest BCUT2D eigenvalue weighted by molar-refractivity contribution is -0.135. The number of unbranched alkanes of at least 4 members (excludes halogenated alkanes) is 1. The minimum absolute atomic E-state index is 0.103. The van der Waals surface area contributed by atoms with E-state index in [1.165, 1.54) is 0 Å². The predicted octanol–water partition coefficient (Wildman–Crippen LogP) is 2.73. The molecule has 0 unspecified atom stereocenters. The highest BCUT2D eigenvalue weighted by Crippen LogP contribution is 2.25. The van der Waals surface area contributed by atoms with Crippen LogP contribution in [0, 0.1) is 6.92 Å². The lowest BCUT2D eigenvalue weighted by Crippen LogP contribution is -2.65. The molecule has 0 aromatic heterocycles. The van der Waals surface area contributed by atoms with Crippen LogP contribution in [0.3, 0.4) is 0 Å². The predicted molar refractivity (Wildman–Crippen MR) is 226 cm³/mol. The van der Waals surface area contributed by atoms with Gasteiger partial charge in [0.1, 0.15) is 36.5 Å². The van der Waals surface area contributed by atoms with Crippen molar-refractivity contribution < 1.29 is 28.7 Å². The minimum atomic E-state index is -1.26. The standard InChI is InChI=1S/C44H53N9O6/c1-29-17-21-33(22-18-29)53-27-37(43(53)58)51-42(57)38(31-19-23-34(24-20-31)59-28-30-11-4-2-5-12-30)52-41(56)35(15-8-9-25-45)50-40(55)36(16-10-26-48-44(46)47)49-39(54)32-13-6-3-7-14-32/h2-7,11-14,17-24,35-38H,8-10,15-16,25-28,45H2,1H3,(H,49,54)(H,50,55)(H,51,57)(H,52,56)(H4,46,47,48)/t35-,36-,37-,38+/m0/s1. The Bertz CT molecular complexity index is 2040. The van der Waals surface area contributed by atoms with E-state index in [-0.39, 0.29) is 37.8 Å². The van der Waals surface area contributed by atoms with Crippen molar-refractivity contribution in [1.29, 1.82) is 0 Å². The maximum absolute atomic E-state index is 14.2. The number of nitrogens with two attached hydrogens (primary N) is 3. The zero-order chi connectivity index (χ0) is 42.1. The summed E-state index contributed by atoms with van der Waals surface area (Å²) >= 11 is 0. The highest BCUT2D eigenvalue weighted by molar-refractivity contribution is 6.06. The topological polar surface area (TPSA) is 236 Å². The number of anilines is 1. The van der Waals surface area contributed by atoms with E-state index in [0.717, 1.165) is 11.1 Å². The first kappa shape index (κ1) is 43.4. The van der Waals surface area contributed by atoms with E-state index in [9.17, 15) is 24.0 Å². The molecule has 15 heteroatoms. The van der Waals surface area contributed by atoms with Gasteiger partial charge in [-0.1, -0.05) is 78.4 Å². The SMILES string of the molecule is Cc1ccc(N2C[C@H](NC(=O)[C@H](NC(=O)[C@H](CCCCN)NC(=O)[C@H](CCCN=C(N)N)NC(=O)c3ccccc3)c3ccc(OCc4ccccc4)cc3)C2=O)cc1. The van der Waals surface area contributed by atoms with E-state index in [2.05, 4.69) is 26.3 Å². The highest BCUT2D eigenvalue weighted by Gasteiger charge is 2.40. The van der Waals surface area contributed by atoms with Crippen molar-refractivity contribution in [2.45, 2.75) is 69.8 Å². The molecule has 1 aliphatic rings. The molecule has 10 N–H and O–H groups in total. The number of carbonyl (C=O) groups excluding carboxylic acids is 5. The number of aliphatic imine (C=N–C) groups is 1. The van der Waals surface area contributed by atoms with E-state index in [1.54, 1.807) is 59.5 Å². The molecule has 0 bridgehead atoms. The molecule has 4 aromatic rings. The number of hydrogen-bond acceptors (Lipinski definition) is 8. The number of carbonyl (C=O) groups is 5. The number of hydrogen-bond donors (Lipinski definition) is 7. The molecule has 5 rings (SSSR count). The molecule has 15 nitrogen and oxygen atoms in total. The second kappa shape index (κ2) is 21.7. The van der Waals surface area contributed by atoms with Gasteiger partial charge in [-0.2, -0.15) is 0 Å². The maximum atomic E-state index is 14.2. The van der Waals surface area contributed by atoms with Gasteiger partial charge in [-0.25, -0.2) is 0 Å². The Morgan fingerprint density at radius 1 is 0.763 bits per heavy atom. The summed E-state index contributed by atoms with van der Waals surface area (Å²) in [6.07, 6.45) is 1.76. The van der Waals surface area contributed by atoms with Gasteiger partial charge < -0.3 is 48.1 Å². The van der Waals surface area contributed by atoms with Gasteiger partial charge in [0.25, 0.3) is 11.8 Å². The van der Waals surface area contributed by atoms with Crippen molar-refractivity contribution in [2.24, 2.45) is 22.2 Å². The molecule has 0 radical (unpaired) electrons. The van der Waals surface area contributed by atoms with Gasteiger partial charge in [-0.15, -0.1) is 0 Å². The Kier molecular flexibility index (Phi) is 16.0. The Labute approximate surface area is 344 Å². The molecule has 4 atom stereocenters. The zero-order valence-electron chi connectivity index (χ0n) is 33.1. The largest absolute Gasteiger partial charge is 0.489 e. The van der Waals surface area contributed by atoms with E-state index in [0.29, 0.717) is 55.0 Å². The van der Waals surface area contributed by atoms with Crippen LogP contribution in [0.25, 0.3) is 0 Å². The molecule has 1 saturated heterocycles. The Hall–Kier alpha value is -6.74. The number of benzene rings is 4. The van der Waals surface area contributed by atoms with Crippen molar-refractivity contribution in [2.75, 3.05) is 24.5 Å². The van der Waals surface area contributed by atoms with Gasteiger partial charge in [-0.05, 0) is 93.1 Å². The summed E-state index contributed by atoms with van der Waals surface area (Å²) in [5, 5.41) is 11.2. The first-order valence-corrected chi connectivity index (χ1v) is 19.7. The fraction of sp³-hybridized carbons (Fsp3) is 0.318. The van der Waals surface area contributed by atoms with Crippen LogP contribution in [0.5, 0.6) is 5.75 Å². The van der Waals surface area contributed by atoms with Gasteiger partial charge in [0, 0.05) is 17.8 Å². The van der Waals surface area contributed by atoms with Crippen LogP contribution in [0.4, 0.5) is 5.69 Å². The number of nitrogens with zero attached hydrogens (tertiary/aromatic N) is 2. The average molecular weight is 804 g/mol. The molecule has 1 heterocycles. The van der Waals surface area contributed by atoms with Gasteiger partial charge in [0.15, 0.2) is 5.96 Å². The fourth-order valence-corrected chi connectivity index (χ4v) is 6.42. The summed E-state index contributed by atoms with van der Waals surface area (Å²) in [4.78, 5) is 74.2. The zero-order valence-corrected chi connectivity index (χ0v) is 33.1. The molecular weight excluding hydrogens is 751 g/mol. The van der Waals surface area contributed by atoms with Crippen LogP contribution < -0.4 is 48.1 Å². The molecule has 1 aliphatic heterocycles. The molecule has 5 amide bonds. The molecule has 1 fully saturated rings. The number of β-lactam (4-membered cyclic amide) rings is 1. The summed E-state index contributed by atoms with van der Waals surface area (Å²) < 4.78 is 5.95. The van der Waals surface area contributed by atoms with Crippen molar-refractivity contribution >= 4 is 41.2 Å². The van der Waals surface area contributed by atoms with Crippen LogP contribution in [0.2, 0.25) is 0 Å². The summed E-state index contributed by atoms with van der Waals surface area (Å²) in [6, 6.07) is 28.1. The van der Waals surface area contributed by atoms with Crippen LogP contribution in [0.1, 0.15) is 65.2 Å². The van der Waals surface area contributed by atoms with E-state index in [1.807, 2.05) is 61.5 Å². The Balaban J connectivity index is 1.34. The van der Waals surface area contributed by atoms with Crippen LogP contribution in [0.15, 0.2) is 114 Å². The monoisotopic (exact) mass is 803 g/mol.